The SMILES string of the molecule is C=CCNC(=O)c1cccc(S(=O)(=O)NC2CCN(CC(=O)Nc3ccccc3)CC2)c1. The maximum absolute atomic E-state index is 12.8. The molecule has 0 atom stereocenters. The minimum Gasteiger partial charge on any atom is -0.349 e. The summed E-state index contributed by atoms with van der Waals surface area (Å²) in [6, 6.07) is 15.0. The quantitative estimate of drug-likeness (QED) is 0.500. The van der Waals surface area contributed by atoms with E-state index in [1.807, 2.05) is 35.2 Å². The number of hydrogen-bond donors (Lipinski definition) is 3. The van der Waals surface area contributed by atoms with Gasteiger partial charge in [0.05, 0.1) is 11.4 Å². The standard InChI is InChI=1S/C23H28N4O4S/c1-2-13-24-23(29)18-7-6-10-21(16-18)32(30,31)26-20-11-14-27(15-12-20)17-22(28)25-19-8-4-3-5-9-19/h2-10,16,20,26H,1,11-15,17H2,(H,24,29)(H,25,28). The molecular weight excluding hydrogens is 428 g/mol. The van der Waals surface area contributed by atoms with Gasteiger partial charge in [-0.25, -0.2) is 13.1 Å². The molecule has 0 radical (unpaired) electrons. The fraction of sp³-hybridized carbons (Fsp3) is 0.304. The van der Waals surface area contributed by atoms with Gasteiger partial charge in [-0.15, -0.1) is 6.58 Å². The number of amides is 2. The Balaban J connectivity index is 1.51. The molecule has 2 amide bonds. The highest BCUT2D eigenvalue weighted by Gasteiger charge is 2.26. The molecule has 0 spiro atoms. The lowest BCUT2D eigenvalue weighted by molar-refractivity contribution is -0.117. The van der Waals surface area contributed by atoms with Crippen molar-refractivity contribution in [3.8, 4) is 0 Å². The van der Waals surface area contributed by atoms with Crippen LogP contribution in [0.15, 0.2) is 72.1 Å². The average Bonchev–Trinajstić information content (AvgIpc) is 2.79. The van der Waals surface area contributed by atoms with E-state index in [1.54, 1.807) is 18.2 Å². The molecule has 1 heterocycles. The lowest BCUT2D eigenvalue weighted by Gasteiger charge is -2.31. The molecule has 0 aromatic heterocycles. The Bertz CT molecular complexity index is 1050. The van der Waals surface area contributed by atoms with Crippen LogP contribution in [0.3, 0.4) is 0 Å². The molecule has 1 aliphatic rings. The maximum atomic E-state index is 12.8. The van der Waals surface area contributed by atoms with E-state index in [0.29, 0.717) is 32.5 Å². The van der Waals surface area contributed by atoms with Gasteiger partial charge in [0.25, 0.3) is 5.91 Å². The van der Waals surface area contributed by atoms with E-state index in [4.69, 9.17) is 0 Å². The number of hydrogen-bond acceptors (Lipinski definition) is 5. The number of benzene rings is 2. The molecule has 2 aromatic carbocycles. The molecule has 9 heteroatoms. The molecular formula is C23H28N4O4S. The lowest BCUT2D eigenvalue weighted by Crippen LogP contribution is -2.46. The minimum atomic E-state index is -3.77. The van der Waals surface area contributed by atoms with Gasteiger partial charge in [0.2, 0.25) is 15.9 Å². The molecule has 32 heavy (non-hydrogen) atoms. The number of carbonyl (C=O) groups is 2. The molecule has 2 aromatic rings. The first-order chi connectivity index (χ1) is 15.4. The highest BCUT2D eigenvalue weighted by molar-refractivity contribution is 7.89. The smallest absolute Gasteiger partial charge is 0.251 e. The molecule has 0 bridgehead atoms. The normalized spacial score (nSPS) is 15.1. The second-order valence-electron chi connectivity index (χ2n) is 7.61. The van der Waals surface area contributed by atoms with Crippen molar-refractivity contribution < 1.29 is 18.0 Å². The van der Waals surface area contributed by atoms with Gasteiger partial charge in [-0.1, -0.05) is 30.3 Å². The first kappa shape index (κ1) is 23.6. The lowest BCUT2D eigenvalue weighted by atomic mass is 10.1. The number of para-hydroxylation sites is 1. The van der Waals surface area contributed by atoms with E-state index in [9.17, 15) is 18.0 Å². The van der Waals surface area contributed by atoms with Crippen molar-refractivity contribution in [2.24, 2.45) is 0 Å². The summed E-state index contributed by atoms with van der Waals surface area (Å²) in [5, 5.41) is 5.49. The van der Waals surface area contributed by atoms with Crippen molar-refractivity contribution in [2.45, 2.75) is 23.8 Å². The summed E-state index contributed by atoms with van der Waals surface area (Å²) in [7, 11) is -3.77. The van der Waals surface area contributed by atoms with Gasteiger partial charge in [-0.3, -0.25) is 14.5 Å². The number of sulfonamides is 1. The van der Waals surface area contributed by atoms with Crippen molar-refractivity contribution in [1.29, 1.82) is 0 Å². The number of piperidine rings is 1. The molecule has 0 saturated carbocycles. The van der Waals surface area contributed by atoms with Crippen LogP contribution < -0.4 is 15.4 Å². The van der Waals surface area contributed by atoms with Gasteiger partial charge in [0.1, 0.15) is 0 Å². The van der Waals surface area contributed by atoms with E-state index >= 15 is 0 Å². The van der Waals surface area contributed by atoms with Crippen LogP contribution in [0.25, 0.3) is 0 Å². The third-order valence-electron chi connectivity index (χ3n) is 5.15. The van der Waals surface area contributed by atoms with Crippen LogP contribution in [0.2, 0.25) is 0 Å². The molecule has 0 aliphatic carbocycles. The summed E-state index contributed by atoms with van der Waals surface area (Å²) in [6.07, 6.45) is 2.74. The summed E-state index contributed by atoms with van der Waals surface area (Å²) in [4.78, 5) is 26.4. The Morgan fingerprint density at radius 1 is 1.06 bits per heavy atom. The largest absolute Gasteiger partial charge is 0.349 e. The highest BCUT2D eigenvalue weighted by Crippen LogP contribution is 2.16. The molecule has 3 rings (SSSR count). The van der Waals surface area contributed by atoms with Crippen molar-refractivity contribution in [3.63, 3.8) is 0 Å². The number of carbonyl (C=O) groups excluding carboxylic acids is 2. The van der Waals surface area contributed by atoms with Crippen LogP contribution >= 0.6 is 0 Å². The Morgan fingerprint density at radius 2 is 1.78 bits per heavy atom. The first-order valence-corrected chi connectivity index (χ1v) is 11.9. The third kappa shape index (κ3) is 6.74. The van der Waals surface area contributed by atoms with Crippen LogP contribution in [-0.2, 0) is 14.8 Å². The van der Waals surface area contributed by atoms with Crippen LogP contribution in [0.5, 0.6) is 0 Å². The Kier molecular flexibility index (Phi) is 8.15. The monoisotopic (exact) mass is 456 g/mol. The van der Waals surface area contributed by atoms with Crippen molar-refractivity contribution in [2.75, 3.05) is 31.5 Å². The number of anilines is 1. The molecule has 1 saturated heterocycles. The van der Waals surface area contributed by atoms with Crippen LogP contribution in [0, 0.1) is 0 Å². The predicted molar refractivity (Wildman–Crippen MR) is 124 cm³/mol. The van der Waals surface area contributed by atoms with Gasteiger partial charge < -0.3 is 10.6 Å². The number of nitrogens with one attached hydrogen (secondary N) is 3. The molecule has 0 unspecified atom stereocenters. The summed E-state index contributed by atoms with van der Waals surface area (Å²) in [5.41, 5.74) is 1.02. The maximum Gasteiger partial charge on any atom is 0.251 e. The fourth-order valence-electron chi connectivity index (χ4n) is 3.49. The third-order valence-corrected chi connectivity index (χ3v) is 6.67. The summed E-state index contributed by atoms with van der Waals surface area (Å²) >= 11 is 0. The predicted octanol–water partition coefficient (Wildman–Crippen LogP) is 1.98. The van der Waals surface area contributed by atoms with Gasteiger partial charge in [-0.05, 0) is 43.2 Å². The molecule has 1 fully saturated rings. The zero-order valence-corrected chi connectivity index (χ0v) is 18.6. The Labute approximate surface area is 188 Å². The van der Waals surface area contributed by atoms with Crippen LogP contribution in [0.1, 0.15) is 23.2 Å². The number of likely N-dealkylation sites (tertiary alicyclic amines) is 1. The highest BCUT2D eigenvalue weighted by atomic mass is 32.2. The number of rotatable bonds is 9. The van der Waals surface area contributed by atoms with E-state index in [0.717, 1.165) is 5.69 Å². The van der Waals surface area contributed by atoms with Crippen LogP contribution in [0.4, 0.5) is 5.69 Å². The molecule has 1 aliphatic heterocycles. The summed E-state index contributed by atoms with van der Waals surface area (Å²) < 4.78 is 28.4. The second kappa shape index (κ2) is 11.0. The Morgan fingerprint density at radius 3 is 2.47 bits per heavy atom. The average molecular weight is 457 g/mol. The van der Waals surface area contributed by atoms with E-state index in [1.165, 1.54) is 12.1 Å². The van der Waals surface area contributed by atoms with Crippen molar-refractivity contribution in [3.05, 3.63) is 72.8 Å². The number of nitrogens with zero attached hydrogens (tertiary/aromatic N) is 1. The van der Waals surface area contributed by atoms with Crippen molar-refractivity contribution >= 4 is 27.5 Å². The zero-order valence-electron chi connectivity index (χ0n) is 17.8. The van der Waals surface area contributed by atoms with E-state index in [2.05, 4.69) is 21.9 Å². The molecule has 170 valence electrons. The summed E-state index contributed by atoms with van der Waals surface area (Å²) in [6.45, 7) is 5.32. The van der Waals surface area contributed by atoms with E-state index in [-0.39, 0.29) is 34.9 Å². The summed E-state index contributed by atoms with van der Waals surface area (Å²) in [5.74, 6) is -0.453. The first-order valence-electron chi connectivity index (χ1n) is 10.5. The molecule has 8 nitrogen and oxygen atoms in total. The minimum absolute atomic E-state index is 0.0495. The van der Waals surface area contributed by atoms with Gasteiger partial charge >= 0.3 is 0 Å². The zero-order chi connectivity index (χ0) is 23.0. The molecule has 3 N–H and O–H groups in total. The van der Waals surface area contributed by atoms with E-state index < -0.39 is 10.0 Å². The van der Waals surface area contributed by atoms with Gasteiger partial charge in [-0.2, -0.15) is 0 Å². The topological polar surface area (TPSA) is 108 Å². The van der Waals surface area contributed by atoms with Crippen molar-refractivity contribution in [1.82, 2.24) is 14.9 Å². The fourth-order valence-corrected chi connectivity index (χ4v) is 4.84. The Hall–Kier alpha value is -3.01. The van der Waals surface area contributed by atoms with Gasteiger partial charge in [0, 0.05) is 36.9 Å². The van der Waals surface area contributed by atoms with Gasteiger partial charge in [0.15, 0.2) is 0 Å². The van der Waals surface area contributed by atoms with Crippen LogP contribution in [-0.4, -0.2) is 57.4 Å². The second-order valence-corrected chi connectivity index (χ2v) is 9.33.